The van der Waals surface area contributed by atoms with Gasteiger partial charge in [0.15, 0.2) is 4.88 Å². The number of carbonyl (C=O) groups is 1. The third-order valence-corrected chi connectivity index (χ3v) is 4.10. The topological polar surface area (TPSA) is 65.0 Å². The Hall–Kier alpha value is -2.12. The second-order valence-electron chi connectivity index (χ2n) is 3.87. The van der Waals surface area contributed by atoms with E-state index in [4.69, 9.17) is 4.74 Å². The van der Waals surface area contributed by atoms with Crippen molar-refractivity contribution in [2.24, 2.45) is 0 Å². The summed E-state index contributed by atoms with van der Waals surface area (Å²) in [5.41, 5.74) is 1.43. The lowest BCUT2D eigenvalue weighted by atomic mass is 10.3. The summed E-state index contributed by atoms with van der Waals surface area (Å²) in [6.45, 7) is 0.189. The van der Waals surface area contributed by atoms with E-state index in [1.165, 1.54) is 11.3 Å². The van der Waals surface area contributed by atoms with Crippen LogP contribution in [0.4, 0.5) is 0 Å². The highest BCUT2D eigenvalue weighted by Gasteiger charge is 2.19. The molecule has 20 heavy (non-hydrogen) atoms. The second kappa shape index (κ2) is 5.89. The third kappa shape index (κ3) is 2.73. The Labute approximate surface area is 123 Å². The summed E-state index contributed by atoms with van der Waals surface area (Å²) in [5.74, 6) is -0.410. The summed E-state index contributed by atoms with van der Waals surface area (Å²) in [6, 6.07) is 7.46. The van der Waals surface area contributed by atoms with Crippen molar-refractivity contribution < 1.29 is 9.53 Å². The zero-order valence-electron chi connectivity index (χ0n) is 10.2. The molecule has 3 heterocycles. The average molecular weight is 303 g/mol. The molecular formula is C13H9N3O2S2. The Bertz CT molecular complexity index is 696. The molecular weight excluding hydrogens is 294 g/mol. The van der Waals surface area contributed by atoms with Gasteiger partial charge in [-0.1, -0.05) is 16.6 Å². The van der Waals surface area contributed by atoms with Crippen LogP contribution in [0.5, 0.6) is 0 Å². The molecule has 0 aliphatic rings. The molecule has 0 aliphatic heterocycles. The second-order valence-corrected chi connectivity index (χ2v) is 5.57. The molecule has 0 atom stereocenters. The molecule has 0 spiro atoms. The highest BCUT2D eigenvalue weighted by Crippen LogP contribution is 2.28. The molecule has 0 radical (unpaired) electrons. The average Bonchev–Trinajstić information content (AvgIpc) is 3.15. The Kier molecular flexibility index (Phi) is 3.80. The number of pyridine rings is 1. The summed E-state index contributed by atoms with van der Waals surface area (Å²) >= 11 is 2.56. The molecule has 5 nitrogen and oxygen atoms in total. The molecule has 0 aliphatic carbocycles. The maximum absolute atomic E-state index is 12.1. The van der Waals surface area contributed by atoms with Crippen molar-refractivity contribution >= 4 is 28.8 Å². The predicted octanol–water partition coefficient (Wildman–Crippen LogP) is 3.02. The van der Waals surface area contributed by atoms with Crippen molar-refractivity contribution in [2.75, 3.05) is 0 Å². The Balaban J connectivity index is 1.74. The van der Waals surface area contributed by atoms with Crippen molar-refractivity contribution in [1.82, 2.24) is 14.6 Å². The van der Waals surface area contributed by atoms with Crippen molar-refractivity contribution in [3.8, 4) is 10.6 Å². The number of rotatable bonds is 4. The molecule has 100 valence electrons. The number of hydrogen-bond acceptors (Lipinski definition) is 7. The summed E-state index contributed by atoms with van der Waals surface area (Å²) in [4.78, 5) is 17.4. The van der Waals surface area contributed by atoms with E-state index in [9.17, 15) is 4.79 Å². The first-order valence-electron chi connectivity index (χ1n) is 5.77. The zero-order chi connectivity index (χ0) is 13.8. The lowest BCUT2D eigenvalue weighted by Gasteiger charge is -2.03. The number of esters is 1. The standard InChI is InChI=1S/C13H9N3O2S2/c17-13(18-8-9-3-1-5-14-7-9)12-11(15-16-20-12)10-4-2-6-19-10/h1-7H,8H2. The smallest absolute Gasteiger partial charge is 0.352 e. The van der Waals surface area contributed by atoms with Crippen molar-refractivity contribution in [3.63, 3.8) is 0 Å². The molecule has 3 aromatic rings. The van der Waals surface area contributed by atoms with E-state index in [2.05, 4.69) is 14.6 Å². The van der Waals surface area contributed by atoms with E-state index < -0.39 is 5.97 Å². The largest absolute Gasteiger partial charge is 0.456 e. The molecule has 0 bridgehead atoms. The summed E-state index contributed by atoms with van der Waals surface area (Å²) < 4.78 is 9.11. The fourth-order valence-electron chi connectivity index (χ4n) is 1.60. The number of nitrogens with zero attached hydrogens (tertiary/aromatic N) is 3. The third-order valence-electron chi connectivity index (χ3n) is 2.52. The Morgan fingerprint density at radius 1 is 1.30 bits per heavy atom. The van der Waals surface area contributed by atoms with Gasteiger partial charge in [0.1, 0.15) is 12.3 Å². The van der Waals surface area contributed by atoms with Gasteiger partial charge in [0.2, 0.25) is 0 Å². The molecule has 0 saturated carbocycles. The van der Waals surface area contributed by atoms with Crippen LogP contribution < -0.4 is 0 Å². The maximum Gasteiger partial charge on any atom is 0.352 e. The first-order chi connectivity index (χ1) is 9.84. The first kappa shape index (κ1) is 12.9. The normalized spacial score (nSPS) is 10.4. The molecule has 3 aromatic heterocycles. The van der Waals surface area contributed by atoms with Crippen LogP contribution in [-0.4, -0.2) is 20.5 Å². The predicted molar refractivity (Wildman–Crippen MR) is 76.6 cm³/mol. The highest BCUT2D eigenvalue weighted by molar-refractivity contribution is 7.14. The van der Waals surface area contributed by atoms with Crippen LogP contribution in [0.3, 0.4) is 0 Å². The molecule has 0 saturated heterocycles. The van der Waals surface area contributed by atoms with E-state index in [1.54, 1.807) is 18.5 Å². The van der Waals surface area contributed by atoms with Gasteiger partial charge in [-0.3, -0.25) is 4.98 Å². The fraction of sp³-hybridized carbons (Fsp3) is 0.0769. The van der Waals surface area contributed by atoms with Gasteiger partial charge in [0.25, 0.3) is 0 Å². The summed E-state index contributed by atoms with van der Waals surface area (Å²) in [6.07, 6.45) is 3.34. The fourth-order valence-corrected chi connectivity index (χ4v) is 2.95. The van der Waals surface area contributed by atoms with E-state index in [0.29, 0.717) is 10.6 Å². The Morgan fingerprint density at radius 3 is 3.00 bits per heavy atom. The van der Waals surface area contributed by atoms with Gasteiger partial charge in [-0.25, -0.2) is 4.79 Å². The molecule has 0 amide bonds. The first-order valence-corrected chi connectivity index (χ1v) is 7.42. The highest BCUT2D eigenvalue weighted by atomic mass is 32.1. The van der Waals surface area contributed by atoms with E-state index >= 15 is 0 Å². The minimum atomic E-state index is -0.410. The van der Waals surface area contributed by atoms with Gasteiger partial charge < -0.3 is 4.74 Å². The zero-order valence-corrected chi connectivity index (χ0v) is 11.9. The van der Waals surface area contributed by atoms with E-state index in [-0.39, 0.29) is 6.61 Å². The van der Waals surface area contributed by atoms with Crippen LogP contribution >= 0.6 is 22.9 Å². The number of thiophene rings is 1. The summed E-state index contributed by atoms with van der Waals surface area (Å²) in [5, 5.41) is 5.93. The molecule has 7 heteroatoms. The van der Waals surface area contributed by atoms with Crippen LogP contribution in [0, 0.1) is 0 Å². The quantitative estimate of drug-likeness (QED) is 0.693. The molecule has 0 N–H and O–H groups in total. The number of ether oxygens (including phenoxy) is 1. The molecule has 0 aromatic carbocycles. The van der Waals surface area contributed by atoms with Gasteiger partial charge >= 0.3 is 5.97 Å². The van der Waals surface area contributed by atoms with Crippen LogP contribution in [0.2, 0.25) is 0 Å². The van der Waals surface area contributed by atoms with Crippen LogP contribution in [0.15, 0.2) is 42.0 Å². The Morgan fingerprint density at radius 2 is 2.25 bits per heavy atom. The van der Waals surface area contributed by atoms with Crippen molar-refractivity contribution in [2.45, 2.75) is 6.61 Å². The van der Waals surface area contributed by atoms with Gasteiger partial charge in [0, 0.05) is 18.0 Å². The number of hydrogen-bond donors (Lipinski definition) is 0. The maximum atomic E-state index is 12.1. The van der Waals surface area contributed by atoms with Crippen molar-refractivity contribution in [3.05, 3.63) is 52.5 Å². The van der Waals surface area contributed by atoms with Gasteiger partial charge in [0.05, 0.1) is 4.88 Å². The lowest BCUT2D eigenvalue weighted by Crippen LogP contribution is -2.04. The monoisotopic (exact) mass is 303 g/mol. The minimum Gasteiger partial charge on any atom is -0.456 e. The van der Waals surface area contributed by atoms with Crippen LogP contribution in [-0.2, 0) is 11.3 Å². The van der Waals surface area contributed by atoms with Crippen LogP contribution in [0.25, 0.3) is 10.6 Å². The van der Waals surface area contributed by atoms with E-state index in [0.717, 1.165) is 22.0 Å². The minimum absolute atomic E-state index is 0.189. The SMILES string of the molecule is O=C(OCc1cccnc1)c1snnc1-c1cccs1. The lowest BCUT2D eigenvalue weighted by molar-refractivity contribution is 0.0479. The number of aromatic nitrogens is 3. The van der Waals surface area contributed by atoms with Gasteiger partial charge in [-0.2, -0.15) is 0 Å². The van der Waals surface area contributed by atoms with Gasteiger partial charge in [-0.15, -0.1) is 16.4 Å². The van der Waals surface area contributed by atoms with Gasteiger partial charge in [-0.05, 0) is 29.0 Å². The van der Waals surface area contributed by atoms with E-state index in [1.807, 2.05) is 23.6 Å². The number of carbonyl (C=O) groups excluding carboxylic acids is 1. The van der Waals surface area contributed by atoms with Crippen molar-refractivity contribution in [1.29, 1.82) is 0 Å². The molecule has 3 rings (SSSR count). The molecule has 0 unspecified atom stereocenters. The summed E-state index contributed by atoms with van der Waals surface area (Å²) in [7, 11) is 0. The molecule has 0 fully saturated rings. The van der Waals surface area contributed by atoms with Crippen LogP contribution in [0.1, 0.15) is 15.2 Å².